The van der Waals surface area contributed by atoms with Crippen molar-refractivity contribution in [1.29, 1.82) is 0 Å². The number of fused-ring (bicyclic) bond motifs is 1. The minimum atomic E-state index is 0.272. The van der Waals surface area contributed by atoms with E-state index in [2.05, 4.69) is 53.8 Å². The fourth-order valence-electron chi connectivity index (χ4n) is 2.95. The van der Waals surface area contributed by atoms with Gasteiger partial charge >= 0.3 is 0 Å². The van der Waals surface area contributed by atoms with E-state index in [1.54, 1.807) is 0 Å². The Hall–Kier alpha value is -1.61. The van der Waals surface area contributed by atoms with E-state index in [4.69, 9.17) is 0 Å². The molecule has 0 saturated carbocycles. The molecule has 1 aromatic carbocycles. The summed E-state index contributed by atoms with van der Waals surface area (Å²) in [6.45, 7) is 8.86. The first-order valence-corrected chi connectivity index (χ1v) is 7.38. The third-order valence-electron chi connectivity index (χ3n) is 3.80. The monoisotopic (exact) mass is 269 g/mol. The van der Waals surface area contributed by atoms with Gasteiger partial charge in [-0.2, -0.15) is 0 Å². The van der Waals surface area contributed by atoms with Gasteiger partial charge in [0.25, 0.3) is 0 Å². The predicted molar refractivity (Wildman–Crippen MR) is 82.1 cm³/mol. The Morgan fingerprint density at radius 3 is 2.95 bits per heavy atom. The fourth-order valence-corrected chi connectivity index (χ4v) is 2.95. The Kier molecular flexibility index (Phi) is 3.38. The summed E-state index contributed by atoms with van der Waals surface area (Å²) in [5, 5.41) is 3.44. The van der Waals surface area contributed by atoms with Crippen molar-refractivity contribution in [2.75, 3.05) is 6.54 Å². The number of hydrogen-bond acceptors (Lipinski definition) is 2. The summed E-state index contributed by atoms with van der Waals surface area (Å²) >= 11 is 0. The van der Waals surface area contributed by atoms with Gasteiger partial charge in [0.1, 0.15) is 0 Å². The van der Waals surface area contributed by atoms with E-state index in [1.165, 1.54) is 22.5 Å². The summed E-state index contributed by atoms with van der Waals surface area (Å²) in [5.41, 5.74) is 5.77. The normalized spacial score (nSPS) is 15.2. The summed E-state index contributed by atoms with van der Waals surface area (Å²) in [6.07, 6.45) is 6.10. The molecule has 1 aliphatic rings. The zero-order valence-corrected chi connectivity index (χ0v) is 12.6. The maximum atomic E-state index is 4.38. The van der Waals surface area contributed by atoms with Gasteiger partial charge in [0.15, 0.2) is 0 Å². The number of hydrogen-bond donors (Lipinski definition) is 1. The molecular formula is C17H23N3. The Balaban J connectivity index is 2.04. The molecule has 0 amide bonds. The lowest BCUT2D eigenvalue weighted by Crippen LogP contribution is -2.25. The molecule has 3 nitrogen and oxygen atoms in total. The van der Waals surface area contributed by atoms with Crippen LogP contribution in [-0.2, 0) is 19.4 Å². The van der Waals surface area contributed by atoms with E-state index in [1.807, 2.05) is 12.5 Å². The number of nitrogens with one attached hydrogen (secondary N) is 1. The summed E-state index contributed by atoms with van der Waals surface area (Å²) < 4.78 is 2.27. The standard InChI is InChI=1S/C17H23N3/c1-17(2,3)9-14-11-19-12-20(14)16-6-4-5-13-10-18-8-7-15(13)16/h4-6,11-12,18H,7-10H2,1-3H3. The topological polar surface area (TPSA) is 29.9 Å². The van der Waals surface area contributed by atoms with Gasteiger partial charge in [0.2, 0.25) is 0 Å². The van der Waals surface area contributed by atoms with Crippen molar-refractivity contribution >= 4 is 0 Å². The van der Waals surface area contributed by atoms with Gasteiger partial charge in [0, 0.05) is 18.4 Å². The van der Waals surface area contributed by atoms with Crippen LogP contribution >= 0.6 is 0 Å². The lowest BCUT2D eigenvalue weighted by atomic mass is 9.90. The molecule has 0 saturated heterocycles. The molecule has 0 aliphatic carbocycles. The van der Waals surface area contributed by atoms with Crippen LogP contribution in [0.3, 0.4) is 0 Å². The molecular weight excluding hydrogens is 246 g/mol. The molecule has 0 atom stereocenters. The third-order valence-corrected chi connectivity index (χ3v) is 3.80. The first-order valence-electron chi connectivity index (χ1n) is 7.38. The van der Waals surface area contributed by atoms with Crippen LogP contribution in [-0.4, -0.2) is 16.1 Å². The van der Waals surface area contributed by atoms with Crippen molar-refractivity contribution in [3.63, 3.8) is 0 Å². The van der Waals surface area contributed by atoms with E-state index >= 15 is 0 Å². The lowest BCUT2D eigenvalue weighted by Gasteiger charge is -2.23. The van der Waals surface area contributed by atoms with Gasteiger partial charge in [-0.3, -0.25) is 0 Å². The van der Waals surface area contributed by atoms with Crippen LogP contribution in [0.4, 0.5) is 0 Å². The minimum Gasteiger partial charge on any atom is -0.312 e. The number of aromatic nitrogens is 2. The van der Waals surface area contributed by atoms with Gasteiger partial charge in [-0.05, 0) is 42.0 Å². The second-order valence-corrected chi connectivity index (χ2v) is 6.83. The van der Waals surface area contributed by atoms with E-state index in [9.17, 15) is 0 Å². The summed E-state index contributed by atoms with van der Waals surface area (Å²) in [7, 11) is 0. The van der Waals surface area contributed by atoms with Gasteiger partial charge in [-0.1, -0.05) is 32.9 Å². The number of nitrogens with zero attached hydrogens (tertiary/aromatic N) is 2. The molecule has 0 bridgehead atoms. The highest BCUT2D eigenvalue weighted by atomic mass is 15.1. The fraction of sp³-hybridized carbons (Fsp3) is 0.471. The third kappa shape index (κ3) is 2.63. The Labute approximate surface area is 121 Å². The van der Waals surface area contributed by atoms with Crippen LogP contribution < -0.4 is 5.32 Å². The Morgan fingerprint density at radius 1 is 1.30 bits per heavy atom. The van der Waals surface area contributed by atoms with Crippen LogP contribution in [0.15, 0.2) is 30.7 Å². The molecule has 20 heavy (non-hydrogen) atoms. The van der Waals surface area contributed by atoms with E-state index in [0.29, 0.717) is 0 Å². The zero-order chi connectivity index (χ0) is 14.2. The molecule has 0 fully saturated rings. The molecule has 3 rings (SSSR count). The maximum absolute atomic E-state index is 4.38. The quantitative estimate of drug-likeness (QED) is 0.908. The highest BCUT2D eigenvalue weighted by Crippen LogP contribution is 2.26. The first kappa shape index (κ1) is 13.4. The molecule has 0 radical (unpaired) electrons. The first-order chi connectivity index (χ1) is 9.54. The molecule has 0 unspecified atom stereocenters. The van der Waals surface area contributed by atoms with Gasteiger partial charge in [-0.25, -0.2) is 4.98 Å². The number of imidazole rings is 1. The van der Waals surface area contributed by atoms with E-state index < -0.39 is 0 Å². The van der Waals surface area contributed by atoms with Gasteiger partial charge in [-0.15, -0.1) is 0 Å². The smallest absolute Gasteiger partial charge is 0.0994 e. The van der Waals surface area contributed by atoms with Crippen molar-refractivity contribution < 1.29 is 0 Å². The van der Waals surface area contributed by atoms with Gasteiger partial charge in [0.05, 0.1) is 12.0 Å². The zero-order valence-electron chi connectivity index (χ0n) is 12.6. The van der Waals surface area contributed by atoms with Crippen LogP contribution in [0, 0.1) is 5.41 Å². The SMILES string of the molecule is CC(C)(C)Cc1cncn1-c1cccc2c1CCNC2. The summed E-state index contributed by atoms with van der Waals surface area (Å²) in [4.78, 5) is 4.38. The lowest BCUT2D eigenvalue weighted by molar-refractivity contribution is 0.403. The largest absolute Gasteiger partial charge is 0.312 e. The van der Waals surface area contributed by atoms with E-state index in [0.717, 1.165) is 25.9 Å². The van der Waals surface area contributed by atoms with Crippen LogP contribution in [0.1, 0.15) is 37.6 Å². The highest BCUT2D eigenvalue weighted by Gasteiger charge is 2.18. The molecule has 1 aromatic heterocycles. The molecule has 0 spiro atoms. The van der Waals surface area contributed by atoms with Crippen molar-refractivity contribution in [1.82, 2.24) is 14.9 Å². The van der Waals surface area contributed by atoms with Crippen LogP contribution in [0.25, 0.3) is 5.69 Å². The molecule has 3 heteroatoms. The Bertz CT molecular complexity index is 605. The van der Waals surface area contributed by atoms with Gasteiger partial charge < -0.3 is 9.88 Å². The maximum Gasteiger partial charge on any atom is 0.0994 e. The van der Waals surface area contributed by atoms with Crippen LogP contribution in [0.2, 0.25) is 0 Å². The van der Waals surface area contributed by atoms with Crippen molar-refractivity contribution in [2.24, 2.45) is 5.41 Å². The highest BCUT2D eigenvalue weighted by molar-refractivity contribution is 5.48. The molecule has 106 valence electrons. The second kappa shape index (κ2) is 5.06. The molecule has 2 heterocycles. The number of benzene rings is 1. The average molecular weight is 269 g/mol. The summed E-state index contributed by atoms with van der Waals surface area (Å²) in [5.74, 6) is 0. The molecule has 1 aliphatic heterocycles. The minimum absolute atomic E-state index is 0.272. The predicted octanol–water partition coefficient (Wildman–Crippen LogP) is 3.11. The van der Waals surface area contributed by atoms with Crippen LogP contribution in [0.5, 0.6) is 0 Å². The molecule has 2 aromatic rings. The second-order valence-electron chi connectivity index (χ2n) is 6.83. The Morgan fingerprint density at radius 2 is 2.15 bits per heavy atom. The molecule has 1 N–H and O–H groups in total. The van der Waals surface area contributed by atoms with E-state index in [-0.39, 0.29) is 5.41 Å². The van der Waals surface area contributed by atoms with Crippen molar-refractivity contribution in [2.45, 2.75) is 40.2 Å². The number of rotatable bonds is 2. The summed E-state index contributed by atoms with van der Waals surface area (Å²) in [6, 6.07) is 6.60. The van der Waals surface area contributed by atoms with Crippen molar-refractivity contribution in [3.05, 3.63) is 47.5 Å². The van der Waals surface area contributed by atoms with Crippen molar-refractivity contribution in [3.8, 4) is 5.69 Å². The average Bonchev–Trinajstić information content (AvgIpc) is 2.84.